The maximum atomic E-state index is 12.5. The summed E-state index contributed by atoms with van der Waals surface area (Å²) in [6.45, 7) is 4.73. The zero-order valence-electron chi connectivity index (χ0n) is 17.1. The Kier molecular flexibility index (Phi) is 6.14. The SMILES string of the molecule is CCOc1cc2c(cc1CNC(=O)c1ccc(S(=O)(=O)N(C)C)cc1)O[C@@H](C)C2. The van der Waals surface area contributed by atoms with Crippen LogP contribution in [0.1, 0.15) is 35.3 Å². The molecule has 1 aliphatic rings. The van der Waals surface area contributed by atoms with E-state index in [1.54, 1.807) is 0 Å². The van der Waals surface area contributed by atoms with Crippen LogP contribution in [0, 0.1) is 0 Å². The molecule has 0 radical (unpaired) electrons. The maximum absolute atomic E-state index is 12.5. The number of amides is 1. The molecular weight excluding hydrogens is 392 g/mol. The van der Waals surface area contributed by atoms with Gasteiger partial charge in [0.1, 0.15) is 17.6 Å². The lowest BCUT2D eigenvalue weighted by molar-refractivity contribution is 0.0950. The van der Waals surface area contributed by atoms with Crippen LogP contribution in [0.15, 0.2) is 41.3 Å². The van der Waals surface area contributed by atoms with Crippen molar-refractivity contribution in [3.05, 3.63) is 53.1 Å². The van der Waals surface area contributed by atoms with Gasteiger partial charge < -0.3 is 14.8 Å². The molecule has 29 heavy (non-hydrogen) atoms. The standard InChI is InChI=1S/C21H26N2O5S/c1-5-27-19-11-16-10-14(2)28-20(16)12-17(19)13-22-21(24)15-6-8-18(9-7-15)29(25,26)23(3)4/h6-9,11-12,14H,5,10,13H2,1-4H3,(H,22,24)/t14-/m0/s1. The minimum Gasteiger partial charge on any atom is -0.494 e. The Bertz CT molecular complexity index is 1000. The summed E-state index contributed by atoms with van der Waals surface area (Å²) in [5, 5.41) is 2.86. The second kappa shape index (κ2) is 8.42. The fourth-order valence-corrected chi connectivity index (χ4v) is 4.08. The predicted molar refractivity (Wildman–Crippen MR) is 110 cm³/mol. The smallest absolute Gasteiger partial charge is 0.251 e. The Labute approximate surface area is 171 Å². The Balaban J connectivity index is 1.73. The molecule has 0 fully saturated rings. The molecule has 0 saturated heterocycles. The highest BCUT2D eigenvalue weighted by Gasteiger charge is 2.22. The van der Waals surface area contributed by atoms with Gasteiger partial charge in [-0.3, -0.25) is 4.79 Å². The van der Waals surface area contributed by atoms with Crippen LogP contribution in [0.2, 0.25) is 0 Å². The van der Waals surface area contributed by atoms with Gasteiger partial charge in [-0.15, -0.1) is 0 Å². The normalized spacial score (nSPS) is 15.7. The number of benzene rings is 2. The van der Waals surface area contributed by atoms with E-state index in [-0.39, 0.29) is 23.5 Å². The number of nitrogens with zero attached hydrogens (tertiary/aromatic N) is 1. The van der Waals surface area contributed by atoms with Crippen molar-refractivity contribution in [3.63, 3.8) is 0 Å². The van der Waals surface area contributed by atoms with E-state index in [4.69, 9.17) is 9.47 Å². The summed E-state index contributed by atoms with van der Waals surface area (Å²) in [6, 6.07) is 9.76. The van der Waals surface area contributed by atoms with E-state index in [0.717, 1.165) is 33.4 Å². The summed E-state index contributed by atoms with van der Waals surface area (Å²) in [6.07, 6.45) is 0.964. The largest absolute Gasteiger partial charge is 0.494 e. The quantitative estimate of drug-likeness (QED) is 0.747. The molecule has 0 saturated carbocycles. The summed E-state index contributed by atoms with van der Waals surface area (Å²) >= 11 is 0. The van der Waals surface area contributed by atoms with E-state index in [0.29, 0.717) is 12.2 Å². The Morgan fingerprint density at radius 1 is 1.24 bits per heavy atom. The summed E-state index contributed by atoms with van der Waals surface area (Å²) in [5.74, 6) is 1.26. The molecule has 2 aromatic carbocycles. The molecule has 2 aromatic rings. The number of nitrogens with one attached hydrogen (secondary N) is 1. The number of hydrogen-bond acceptors (Lipinski definition) is 5. The van der Waals surface area contributed by atoms with Gasteiger partial charge in [-0.1, -0.05) is 0 Å². The van der Waals surface area contributed by atoms with Crippen LogP contribution in [-0.2, 0) is 23.0 Å². The molecule has 156 valence electrons. The maximum Gasteiger partial charge on any atom is 0.251 e. The summed E-state index contributed by atoms with van der Waals surface area (Å²) in [7, 11) is -0.595. The zero-order valence-corrected chi connectivity index (χ0v) is 17.9. The molecule has 0 unspecified atom stereocenters. The lowest BCUT2D eigenvalue weighted by Gasteiger charge is -2.14. The van der Waals surface area contributed by atoms with E-state index in [1.165, 1.54) is 38.4 Å². The topological polar surface area (TPSA) is 84.9 Å². The number of sulfonamides is 1. The van der Waals surface area contributed by atoms with Crippen LogP contribution >= 0.6 is 0 Å². The fourth-order valence-electron chi connectivity index (χ4n) is 3.18. The van der Waals surface area contributed by atoms with Gasteiger partial charge in [-0.25, -0.2) is 12.7 Å². The van der Waals surface area contributed by atoms with Crippen LogP contribution in [0.5, 0.6) is 11.5 Å². The highest BCUT2D eigenvalue weighted by Crippen LogP contribution is 2.35. The number of fused-ring (bicyclic) bond motifs is 1. The van der Waals surface area contributed by atoms with Crippen LogP contribution < -0.4 is 14.8 Å². The molecule has 0 aliphatic carbocycles. The lowest BCUT2D eigenvalue weighted by atomic mass is 10.1. The van der Waals surface area contributed by atoms with Crippen molar-refractivity contribution in [3.8, 4) is 11.5 Å². The predicted octanol–water partition coefficient (Wildman–Crippen LogP) is 2.59. The molecule has 0 aromatic heterocycles. The third kappa shape index (κ3) is 4.54. The molecule has 1 amide bonds. The van der Waals surface area contributed by atoms with Gasteiger partial charge in [-0.2, -0.15) is 0 Å². The molecule has 1 N–H and O–H groups in total. The average molecular weight is 419 g/mol. The molecule has 0 spiro atoms. The highest BCUT2D eigenvalue weighted by molar-refractivity contribution is 7.89. The first-order chi connectivity index (χ1) is 13.7. The monoisotopic (exact) mass is 418 g/mol. The molecule has 7 nitrogen and oxygen atoms in total. The van der Waals surface area contributed by atoms with Crippen molar-refractivity contribution in [2.24, 2.45) is 0 Å². The van der Waals surface area contributed by atoms with Gasteiger partial charge in [0.05, 0.1) is 11.5 Å². The van der Waals surface area contributed by atoms with E-state index >= 15 is 0 Å². The van der Waals surface area contributed by atoms with Gasteiger partial charge in [-0.05, 0) is 50.2 Å². The first kappa shape index (κ1) is 21.1. The molecule has 1 aliphatic heterocycles. The number of carbonyl (C=O) groups is 1. The van der Waals surface area contributed by atoms with Crippen molar-refractivity contribution in [1.82, 2.24) is 9.62 Å². The van der Waals surface area contributed by atoms with Gasteiger partial charge in [0.25, 0.3) is 5.91 Å². The van der Waals surface area contributed by atoms with Crippen molar-refractivity contribution < 1.29 is 22.7 Å². The van der Waals surface area contributed by atoms with Crippen LogP contribution in [0.25, 0.3) is 0 Å². The van der Waals surface area contributed by atoms with Crippen molar-refractivity contribution in [2.75, 3.05) is 20.7 Å². The van der Waals surface area contributed by atoms with Crippen LogP contribution in [0.3, 0.4) is 0 Å². The molecule has 1 atom stereocenters. The Hall–Kier alpha value is -2.58. The summed E-state index contributed by atoms with van der Waals surface area (Å²) < 4.78 is 37.0. The zero-order chi connectivity index (χ0) is 21.2. The third-order valence-corrected chi connectivity index (χ3v) is 6.54. The number of carbonyl (C=O) groups excluding carboxylic acids is 1. The van der Waals surface area contributed by atoms with Crippen molar-refractivity contribution in [1.29, 1.82) is 0 Å². The minimum absolute atomic E-state index is 0.126. The average Bonchev–Trinajstić information content (AvgIpc) is 3.05. The number of ether oxygens (including phenoxy) is 2. The molecule has 1 heterocycles. The van der Waals surface area contributed by atoms with E-state index in [1.807, 2.05) is 26.0 Å². The van der Waals surface area contributed by atoms with Crippen molar-refractivity contribution >= 4 is 15.9 Å². The second-order valence-electron chi connectivity index (χ2n) is 7.13. The van der Waals surface area contributed by atoms with Crippen molar-refractivity contribution in [2.45, 2.75) is 37.8 Å². The summed E-state index contributed by atoms with van der Waals surface area (Å²) in [5.41, 5.74) is 2.32. The highest BCUT2D eigenvalue weighted by atomic mass is 32.2. The second-order valence-corrected chi connectivity index (χ2v) is 9.28. The molecule has 0 bridgehead atoms. The van der Waals surface area contributed by atoms with Gasteiger partial charge in [0.2, 0.25) is 10.0 Å². The first-order valence-electron chi connectivity index (χ1n) is 9.48. The lowest BCUT2D eigenvalue weighted by Crippen LogP contribution is -2.24. The molecule has 8 heteroatoms. The van der Waals surface area contributed by atoms with Gasteiger partial charge in [0.15, 0.2) is 0 Å². The van der Waals surface area contributed by atoms with E-state index in [2.05, 4.69) is 5.32 Å². The van der Waals surface area contributed by atoms with Gasteiger partial charge in [0, 0.05) is 43.8 Å². The Morgan fingerprint density at radius 2 is 1.93 bits per heavy atom. The fraction of sp³-hybridized carbons (Fsp3) is 0.381. The van der Waals surface area contributed by atoms with Crippen LogP contribution in [-0.4, -0.2) is 45.4 Å². The van der Waals surface area contributed by atoms with Crippen LogP contribution in [0.4, 0.5) is 0 Å². The third-order valence-electron chi connectivity index (χ3n) is 4.71. The summed E-state index contributed by atoms with van der Waals surface area (Å²) in [4.78, 5) is 12.7. The van der Waals surface area contributed by atoms with Gasteiger partial charge >= 0.3 is 0 Å². The minimum atomic E-state index is -3.53. The molecular formula is C21H26N2O5S. The number of hydrogen-bond donors (Lipinski definition) is 1. The molecule has 3 rings (SSSR count). The number of rotatable bonds is 7. The van der Waals surface area contributed by atoms with E-state index < -0.39 is 10.0 Å². The van der Waals surface area contributed by atoms with E-state index in [9.17, 15) is 13.2 Å². The first-order valence-corrected chi connectivity index (χ1v) is 10.9. The Morgan fingerprint density at radius 3 is 2.55 bits per heavy atom.